The van der Waals surface area contributed by atoms with E-state index < -0.39 is 0 Å². The van der Waals surface area contributed by atoms with Gasteiger partial charge in [-0.25, -0.2) is 4.99 Å². The molecule has 0 bridgehead atoms. The second-order valence-electron chi connectivity index (χ2n) is 5.57. The van der Waals surface area contributed by atoms with Crippen molar-refractivity contribution < 1.29 is 4.79 Å². The van der Waals surface area contributed by atoms with Gasteiger partial charge in [0.25, 0.3) is 0 Å². The van der Waals surface area contributed by atoms with Crippen LogP contribution in [0.2, 0.25) is 0 Å². The molecule has 0 saturated heterocycles. The Balaban J connectivity index is 1.68. The van der Waals surface area contributed by atoms with Gasteiger partial charge in [-0.1, -0.05) is 54.7 Å². The van der Waals surface area contributed by atoms with Gasteiger partial charge in [-0.05, 0) is 24.6 Å². The van der Waals surface area contributed by atoms with Crippen LogP contribution in [0.15, 0.2) is 60.1 Å². The highest BCUT2D eigenvalue weighted by Crippen LogP contribution is 2.34. The van der Waals surface area contributed by atoms with Gasteiger partial charge >= 0.3 is 0 Å². The average molecular weight is 337 g/mol. The fourth-order valence-electron chi connectivity index (χ4n) is 2.45. The minimum absolute atomic E-state index is 0.0464. The maximum atomic E-state index is 12.2. The third-order valence-electron chi connectivity index (χ3n) is 3.87. The van der Waals surface area contributed by atoms with Crippen LogP contribution >= 0.6 is 11.8 Å². The maximum absolute atomic E-state index is 12.2. The molecule has 3 rings (SSSR count). The van der Waals surface area contributed by atoms with Crippen LogP contribution in [0.5, 0.6) is 0 Å². The van der Waals surface area contributed by atoms with E-state index in [4.69, 9.17) is 0 Å². The van der Waals surface area contributed by atoms with Gasteiger partial charge in [0.05, 0.1) is 11.4 Å². The molecular weight excluding hydrogens is 318 g/mol. The molecule has 0 atom stereocenters. The van der Waals surface area contributed by atoms with Gasteiger partial charge < -0.3 is 10.2 Å². The first-order chi connectivity index (χ1) is 11.6. The van der Waals surface area contributed by atoms with Crippen molar-refractivity contribution in [3.8, 4) is 0 Å². The van der Waals surface area contributed by atoms with Gasteiger partial charge in [-0.3, -0.25) is 4.79 Å². The Hall–Kier alpha value is -2.53. The molecular formula is C19H19N3OS. The molecule has 4 nitrogen and oxygen atoms in total. The van der Waals surface area contributed by atoms with Gasteiger partial charge in [0.1, 0.15) is 0 Å². The van der Waals surface area contributed by atoms with Crippen molar-refractivity contribution >= 4 is 39.9 Å². The lowest BCUT2D eigenvalue weighted by atomic mass is 10.1. The van der Waals surface area contributed by atoms with Gasteiger partial charge in [0.2, 0.25) is 5.91 Å². The Kier molecular flexibility index (Phi) is 4.71. The maximum Gasteiger partial charge on any atom is 0.234 e. The zero-order valence-corrected chi connectivity index (χ0v) is 14.6. The number of nitrogens with zero attached hydrogens (tertiary/aromatic N) is 2. The summed E-state index contributed by atoms with van der Waals surface area (Å²) >= 11 is 1.41. The summed E-state index contributed by atoms with van der Waals surface area (Å²) in [5, 5.41) is 3.72. The number of anilines is 1. The van der Waals surface area contributed by atoms with Crippen molar-refractivity contribution in [2.45, 2.75) is 6.92 Å². The van der Waals surface area contributed by atoms with Crippen molar-refractivity contribution in [1.29, 1.82) is 0 Å². The molecule has 122 valence electrons. The normalized spacial score (nSPS) is 13.3. The third kappa shape index (κ3) is 3.36. The SMILES string of the molecule is C=C1c2ccccc2N=C(SCC(=O)Nc2ccccc2C)N1C. The molecule has 0 fully saturated rings. The molecule has 0 unspecified atom stereocenters. The number of benzene rings is 2. The van der Waals surface area contributed by atoms with E-state index in [1.165, 1.54) is 11.8 Å². The number of nitrogens with one attached hydrogen (secondary N) is 1. The van der Waals surface area contributed by atoms with Crippen molar-refractivity contribution in [1.82, 2.24) is 4.90 Å². The van der Waals surface area contributed by atoms with Gasteiger partial charge in [-0.2, -0.15) is 0 Å². The largest absolute Gasteiger partial charge is 0.325 e. The van der Waals surface area contributed by atoms with E-state index in [0.717, 1.165) is 33.4 Å². The summed E-state index contributed by atoms with van der Waals surface area (Å²) in [7, 11) is 1.92. The summed E-state index contributed by atoms with van der Waals surface area (Å²) in [6.45, 7) is 6.10. The number of para-hydroxylation sites is 2. The molecule has 1 aliphatic heterocycles. The third-order valence-corrected chi connectivity index (χ3v) is 4.90. The van der Waals surface area contributed by atoms with Crippen LogP contribution in [-0.4, -0.2) is 28.8 Å². The predicted molar refractivity (Wildman–Crippen MR) is 103 cm³/mol. The van der Waals surface area contributed by atoms with Crippen LogP contribution in [0, 0.1) is 6.92 Å². The number of amidine groups is 1. The highest BCUT2D eigenvalue weighted by atomic mass is 32.2. The molecule has 0 radical (unpaired) electrons. The Morgan fingerprint density at radius 2 is 1.92 bits per heavy atom. The average Bonchev–Trinajstić information content (AvgIpc) is 2.59. The van der Waals surface area contributed by atoms with E-state index >= 15 is 0 Å². The number of hydrogen-bond donors (Lipinski definition) is 1. The number of rotatable bonds is 3. The minimum atomic E-state index is -0.0464. The fourth-order valence-corrected chi connectivity index (χ4v) is 3.25. The number of carbonyl (C=O) groups is 1. The molecule has 2 aromatic rings. The summed E-state index contributed by atoms with van der Waals surface area (Å²) in [6.07, 6.45) is 0. The number of aliphatic imine (C=N–C) groups is 1. The van der Waals surface area contributed by atoms with E-state index in [-0.39, 0.29) is 5.91 Å². The topological polar surface area (TPSA) is 44.7 Å². The van der Waals surface area contributed by atoms with E-state index in [2.05, 4.69) is 16.9 Å². The first kappa shape index (κ1) is 16.3. The van der Waals surface area contributed by atoms with Crippen LogP contribution in [0.1, 0.15) is 11.1 Å². The van der Waals surface area contributed by atoms with Crippen molar-refractivity contribution in [2.24, 2.45) is 4.99 Å². The quantitative estimate of drug-likeness (QED) is 0.909. The lowest BCUT2D eigenvalue weighted by molar-refractivity contribution is -0.113. The minimum Gasteiger partial charge on any atom is -0.325 e. The van der Waals surface area contributed by atoms with E-state index in [1.807, 2.05) is 67.4 Å². The Bertz CT molecular complexity index is 829. The Morgan fingerprint density at radius 3 is 2.71 bits per heavy atom. The first-order valence-corrected chi connectivity index (χ1v) is 8.64. The summed E-state index contributed by atoms with van der Waals surface area (Å²) < 4.78 is 0. The number of thioether (sulfide) groups is 1. The van der Waals surface area contributed by atoms with Crippen LogP contribution in [0.25, 0.3) is 5.70 Å². The molecule has 0 saturated carbocycles. The smallest absolute Gasteiger partial charge is 0.234 e. The summed E-state index contributed by atoms with van der Waals surface area (Å²) in [6, 6.07) is 15.6. The number of aryl methyl sites for hydroxylation is 1. The molecule has 1 aliphatic rings. The molecule has 1 N–H and O–H groups in total. The van der Waals surface area contributed by atoms with Gasteiger partial charge in [-0.15, -0.1) is 0 Å². The molecule has 5 heteroatoms. The molecule has 1 amide bonds. The van der Waals surface area contributed by atoms with Crippen molar-refractivity contribution in [3.63, 3.8) is 0 Å². The predicted octanol–water partition coefficient (Wildman–Crippen LogP) is 4.27. The molecule has 0 aliphatic carbocycles. The van der Waals surface area contributed by atoms with Crippen LogP contribution in [0.3, 0.4) is 0 Å². The molecule has 0 aromatic heterocycles. The van der Waals surface area contributed by atoms with Crippen molar-refractivity contribution in [3.05, 3.63) is 66.2 Å². The molecule has 2 aromatic carbocycles. The second kappa shape index (κ2) is 6.93. The number of fused-ring (bicyclic) bond motifs is 1. The number of amides is 1. The van der Waals surface area contributed by atoms with Gasteiger partial charge in [0, 0.05) is 24.0 Å². The lowest BCUT2D eigenvalue weighted by Crippen LogP contribution is -2.27. The first-order valence-electron chi connectivity index (χ1n) is 7.65. The lowest BCUT2D eigenvalue weighted by Gasteiger charge is -2.28. The van der Waals surface area contributed by atoms with E-state index in [9.17, 15) is 4.79 Å². The second-order valence-corrected chi connectivity index (χ2v) is 6.51. The summed E-state index contributed by atoms with van der Waals surface area (Å²) in [5.74, 6) is 0.252. The monoisotopic (exact) mass is 337 g/mol. The molecule has 24 heavy (non-hydrogen) atoms. The van der Waals surface area contributed by atoms with E-state index in [1.54, 1.807) is 0 Å². The van der Waals surface area contributed by atoms with Crippen LogP contribution in [0.4, 0.5) is 11.4 Å². The summed E-state index contributed by atoms with van der Waals surface area (Å²) in [5.41, 5.74) is 4.70. The van der Waals surface area contributed by atoms with Crippen LogP contribution < -0.4 is 5.32 Å². The van der Waals surface area contributed by atoms with E-state index in [0.29, 0.717) is 5.75 Å². The Labute approximate surface area is 146 Å². The zero-order valence-electron chi connectivity index (χ0n) is 13.7. The molecule has 1 heterocycles. The number of carbonyl (C=O) groups excluding carboxylic acids is 1. The summed E-state index contributed by atoms with van der Waals surface area (Å²) in [4.78, 5) is 18.8. The van der Waals surface area contributed by atoms with Crippen LogP contribution in [-0.2, 0) is 4.79 Å². The zero-order chi connectivity index (χ0) is 17.1. The standard InChI is InChI=1S/C19H19N3OS/c1-13-8-4-6-10-16(13)20-18(23)12-24-19-21-17-11-7-5-9-15(17)14(2)22(19)3/h4-11H,2,12H2,1,3H3,(H,20,23). The van der Waals surface area contributed by atoms with Gasteiger partial charge in [0.15, 0.2) is 5.17 Å². The van der Waals surface area contributed by atoms with Crippen molar-refractivity contribution in [2.75, 3.05) is 18.1 Å². The molecule has 0 spiro atoms. The Morgan fingerprint density at radius 1 is 1.21 bits per heavy atom. The number of hydrogen-bond acceptors (Lipinski definition) is 4. The highest BCUT2D eigenvalue weighted by Gasteiger charge is 2.21. The highest BCUT2D eigenvalue weighted by molar-refractivity contribution is 8.14. The fraction of sp³-hybridized carbons (Fsp3) is 0.158.